The van der Waals surface area contributed by atoms with Gasteiger partial charge in [0.15, 0.2) is 6.29 Å². The van der Waals surface area contributed by atoms with E-state index in [9.17, 15) is 9.59 Å². The van der Waals surface area contributed by atoms with Crippen molar-refractivity contribution in [2.75, 3.05) is 0 Å². The number of carbonyl (C=O) groups excluding carboxylic acids is 2. The highest BCUT2D eigenvalue weighted by Gasteiger charge is 2.26. The second-order valence-corrected chi connectivity index (χ2v) is 6.43. The van der Waals surface area contributed by atoms with E-state index in [1.54, 1.807) is 39.0 Å². The smallest absolute Gasteiger partial charge is 0.355 e. The summed E-state index contributed by atoms with van der Waals surface area (Å²) in [5, 5.41) is 9.08. The molecule has 1 heterocycles. The first-order valence-electron chi connectivity index (χ1n) is 7.74. The van der Waals surface area contributed by atoms with Crippen LogP contribution in [0.25, 0.3) is 11.1 Å². The van der Waals surface area contributed by atoms with Crippen molar-refractivity contribution in [3.05, 3.63) is 46.8 Å². The van der Waals surface area contributed by atoms with Gasteiger partial charge in [0.05, 0.1) is 17.3 Å². The molecule has 0 fully saturated rings. The summed E-state index contributed by atoms with van der Waals surface area (Å²) in [6.07, 6.45) is 1.23. The first-order chi connectivity index (χ1) is 11.3. The van der Waals surface area contributed by atoms with E-state index in [2.05, 4.69) is 11.1 Å². The maximum Gasteiger partial charge on any atom is 0.355 e. The van der Waals surface area contributed by atoms with Gasteiger partial charge in [0.1, 0.15) is 11.3 Å². The van der Waals surface area contributed by atoms with Crippen LogP contribution in [0, 0.1) is 11.3 Å². The maximum absolute atomic E-state index is 12.5. The third kappa shape index (κ3) is 3.54. The van der Waals surface area contributed by atoms with Crippen LogP contribution in [-0.4, -0.2) is 22.8 Å². The minimum absolute atomic E-state index is 0.284. The zero-order valence-electron chi connectivity index (χ0n) is 14.3. The number of ether oxygens (including phenoxy) is 1. The lowest BCUT2D eigenvalue weighted by Crippen LogP contribution is -2.24. The molecule has 1 N–H and O–H groups in total. The summed E-state index contributed by atoms with van der Waals surface area (Å²) in [7, 11) is 0. The van der Waals surface area contributed by atoms with Crippen molar-refractivity contribution in [1.29, 1.82) is 5.26 Å². The average molecular weight is 324 g/mol. The van der Waals surface area contributed by atoms with Crippen LogP contribution in [0.1, 0.15) is 59.8 Å². The largest absolute Gasteiger partial charge is 0.455 e. The number of aromatic amines is 1. The zero-order valence-corrected chi connectivity index (χ0v) is 14.3. The molecule has 0 atom stereocenters. The van der Waals surface area contributed by atoms with Crippen molar-refractivity contribution in [3.63, 3.8) is 0 Å². The van der Waals surface area contributed by atoms with Crippen molar-refractivity contribution < 1.29 is 14.3 Å². The van der Waals surface area contributed by atoms with Crippen LogP contribution in [0.2, 0.25) is 0 Å². The summed E-state index contributed by atoms with van der Waals surface area (Å²) in [5.74, 6) is -0.495. The number of nitrogens with one attached hydrogen (secondary N) is 1. The quantitative estimate of drug-likeness (QED) is 0.683. The van der Waals surface area contributed by atoms with Crippen molar-refractivity contribution in [2.24, 2.45) is 0 Å². The molecule has 0 saturated heterocycles. The van der Waals surface area contributed by atoms with Crippen LogP contribution in [0.3, 0.4) is 0 Å². The molecule has 0 amide bonds. The number of benzene rings is 1. The van der Waals surface area contributed by atoms with Gasteiger partial charge in [0.25, 0.3) is 0 Å². The van der Waals surface area contributed by atoms with Crippen LogP contribution in [0.15, 0.2) is 24.3 Å². The van der Waals surface area contributed by atoms with Crippen LogP contribution in [0.5, 0.6) is 0 Å². The van der Waals surface area contributed by atoms with Crippen LogP contribution in [-0.2, 0) is 11.2 Å². The lowest BCUT2D eigenvalue weighted by molar-refractivity contribution is 0.00624. The van der Waals surface area contributed by atoms with Gasteiger partial charge in [-0.05, 0) is 50.5 Å². The Morgan fingerprint density at radius 2 is 2.08 bits per heavy atom. The Morgan fingerprint density at radius 3 is 2.62 bits per heavy atom. The van der Waals surface area contributed by atoms with Gasteiger partial charge in [-0.1, -0.05) is 19.1 Å². The van der Waals surface area contributed by atoms with Crippen molar-refractivity contribution >= 4 is 12.3 Å². The second kappa shape index (κ2) is 6.71. The summed E-state index contributed by atoms with van der Waals surface area (Å²) < 4.78 is 5.42. The van der Waals surface area contributed by atoms with E-state index < -0.39 is 11.6 Å². The SMILES string of the molecule is CCc1c(C(=O)OC(C)(C)C)[nH]c(C=O)c1-c1cccc(C#N)c1. The van der Waals surface area contributed by atoms with Gasteiger partial charge in [-0.25, -0.2) is 4.79 Å². The fourth-order valence-corrected chi connectivity index (χ4v) is 2.58. The van der Waals surface area contributed by atoms with Gasteiger partial charge in [0, 0.05) is 5.56 Å². The molecule has 0 unspecified atom stereocenters. The van der Waals surface area contributed by atoms with Crippen molar-refractivity contribution in [1.82, 2.24) is 4.98 Å². The Bertz CT molecular complexity index is 820. The Kier molecular flexibility index (Phi) is 4.89. The van der Waals surface area contributed by atoms with Gasteiger partial charge >= 0.3 is 5.97 Å². The Labute approximate surface area is 141 Å². The van der Waals surface area contributed by atoms with E-state index in [0.29, 0.717) is 35.1 Å². The van der Waals surface area contributed by atoms with Crippen molar-refractivity contribution in [2.45, 2.75) is 39.7 Å². The third-order valence-corrected chi connectivity index (χ3v) is 3.49. The zero-order chi connectivity index (χ0) is 17.9. The molecule has 1 aromatic carbocycles. The number of carbonyl (C=O) groups is 2. The van der Waals surface area contributed by atoms with E-state index in [0.717, 1.165) is 5.56 Å². The molecule has 0 radical (unpaired) electrons. The van der Waals surface area contributed by atoms with Gasteiger partial charge in [0.2, 0.25) is 0 Å². The number of esters is 1. The predicted molar refractivity (Wildman–Crippen MR) is 90.9 cm³/mol. The fraction of sp³-hybridized carbons (Fsp3) is 0.316. The number of hydrogen-bond donors (Lipinski definition) is 1. The first kappa shape index (κ1) is 17.5. The van der Waals surface area contributed by atoms with E-state index in [1.807, 2.05) is 13.0 Å². The molecular weight excluding hydrogens is 304 g/mol. The summed E-state index contributed by atoms with van der Waals surface area (Å²) in [5.41, 5.74) is 2.53. The van der Waals surface area contributed by atoms with Crippen LogP contribution >= 0.6 is 0 Å². The summed E-state index contributed by atoms with van der Waals surface area (Å²) in [6.45, 7) is 7.27. The number of H-pyrrole nitrogens is 1. The molecule has 0 saturated carbocycles. The Hall–Kier alpha value is -2.87. The highest BCUT2D eigenvalue weighted by molar-refractivity contribution is 5.97. The van der Waals surface area contributed by atoms with Gasteiger partial charge in [-0.3, -0.25) is 4.79 Å². The topological polar surface area (TPSA) is 83.0 Å². The fourth-order valence-electron chi connectivity index (χ4n) is 2.58. The number of nitrogens with zero attached hydrogens (tertiary/aromatic N) is 1. The number of rotatable bonds is 4. The Balaban J connectivity index is 2.62. The molecule has 2 rings (SSSR count). The normalized spacial score (nSPS) is 11.0. The molecular formula is C19H20N2O3. The second-order valence-electron chi connectivity index (χ2n) is 6.43. The highest BCUT2D eigenvalue weighted by atomic mass is 16.6. The molecule has 0 aliphatic rings. The lowest BCUT2D eigenvalue weighted by Gasteiger charge is -2.19. The van der Waals surface area contributed by atoms with E-state index in [4.69, 9.17) is 10.00 Å². The third-order valence-electron chi connectivity index (χ3n) is 3.49. The molecule has 5 heteroatoms. The minimum Gasteiger partial charge on any atom is -0.455 e. The van der Waals surface area contributed by atoms with E-state index in [-0.39, 0.29) is 5.69 Å². The number of nitriles is 1. The molecule has 0 spiro atoms. The molecule has 0 bridgehead atoms. The van der Waals surface area contributed by atoms with Crippen LogP contribution in [0.4, 0.5) is 0 Å². The number of aromatic nitrogens is 1. The lowest BCUT2D eigenvalue weighted by atomic mass is 9.97. The molecule has 1 aromatic heterocycles. The summed E-state index contributed by atoms with van der Waals surface area (Å²) in [4.78, 5) is 26.8. The molecule has 0 aliphatic heterocycles. The average Bonchev–Trinajstić information content (AvgIpc) is 2.92. The van der Waals surface area contributed by atoms with Gasteiger partial charge < -0.3 is 9.72 Å². The molecule has 24 heavy (non-hydrogen) atoms. The van der Waals surface area contributed by atoms with Gasteiger partial charge in [-0.2, -0.15) is 5.26 Å². The summed E-state index contributed by atoms with van der Waals surface area (Å²) in [6, 6.07) is 9.04. The van der Waals surface area contributed by atoms with Crippen LogP contribution < -0.4 is 0 Å². The van der Waals surface area contributed by atoms with E-state index >= 15 is 0 Å². The first-order valence-corrected chi connectivity index (χ1v) is 7.74. The molecule has 2 aromatic rings. The minimum atomic E-state index is -0.630. The van der Waals surface area contributed by atoms with E-state index in [1.165, 1.54) is 0 Å². The Morgan fingerprint density at radius 1 is 1.38 bits per heavy atom. The number of aldehydes is 1. The number of hydrogen-bond acceptors (Lipinski definition) is 4. The summed E-state index contributed by atoms with van der Waals surface area (Å²) >= 11 is 0. The molecule has 0 aliphatic carbocycles. The predicted octanol–water partition coefficient (Wildman–Crippen LogP) is 3.88. The monoisotopic (exact) mass is 324 g/mol. The van der Waals surface area contributed by atoms with Crippen molar-refractivity contribution in [3.8, 4) is 17.2 Å². The maximum atomic E-state index is 12.5. The standard InChI is InChI=1S/C19H20N2O3/c1-5-14-16(13-8-6-7-12(9-13)10-20)15(11-22)21-17(14)18(23)24-19(2,3)4/h6-9,11,21H,5H2,1-4H3. The molecule has 5 nitrogen and oxygen atoms in total. The highest BCUT2D eigenvalue weighted by Crippen LogP contribution is 2.31. The molecule has 124 valence electrons. The van der Waals surface area contributed by atoms with Gasteiger partial charge in [-0.15, -0.1) is 0 Å².